The summed E-state index contributed by atoms with van der Waals surface area (Å²) in [7, 11) is 0. The van der Waals surface area contributed by atoms with Crippen molar-refractivity contribution in [1.82, 2.24) is 4.48 Å². The standard InChI is InChI=1S/C90H113BF2N2S2/c1-20-36-87(37-21-2)52-83(12,13)75-65(87)50-66-76(84(14,15)53-88(66,38-22-3)39-23-4)72(75)59-32-34-61-63(48-59)79(69-30-28-44-96-69)94-81(61)74(71-57(10)46-56(9)47-58(71)11)82-62-35-33-60(49-64(62)80(70-31-29-45-97-70)95(82)91(94,92)93)73-77-67(89(40-24-5,41-25-6)54-85(77,16)17)51-68-78(73)86(18,19)55-90(68,42-26-7)43-27-8/h28-35,44-51H,20-27,36-43,52-55H2,1-19H3. The number of nitrogens with zero attached hydrogens (tertiary/aromatic N) is 2. The maximum Gasteiger partial charge on any atom is 0.738 e. The molecule has 0 fully saturated rings. The summed E-state index contributed by atoms with van der Waals surface area (Å²) >= 11 is 3.19. The van der Waals surface area contributed by atoms with Crippen LogP contribution < -0.4 is 0 Å². The molecule has 0 N–H and O–H groups in total. The van der Waals surface area contributed by atoms with Crippen LogP contribution in [0.25, 0.3) is 54.9 Å². The van der Waals surface area contributed by atoms with Crippen LogP contribution in [0.1, 0.15) is 328 Å². The van der Waals surface area contributed by atoms with Crippen LogP contribution in [-0.4, -0.2) is 21.6 Å². The Hall–Kier alpha value is -5.63. The van der Waals surface area contributed by atoms with Crippen molar-refractivity contribution < 1.29 is 13.1 Å². The van der Waals surface area contributed by atoms with Crippen molar-refractivity contribution in [3.63, 3.8) is 0 Å². The maximum absolute atomic E-state index is 20.6. The van der Waals surface area contributed by atoms with Crippen molar-refractivity contribution >= 4 is 57.4 Å². The van der Waals surface area contributed by atoms with Crippen LogP contribution in [-0.2, 0) is 43.3 Å². The van der Waals surface area contributed by atoms with E-state index in [0.29, 0.717) is 22.8 Å². The summed E-state index contributed by atoms with van der Waals surface area (Å²) in [6, 6.07) is 32.8. The van der Waals surface area contributed by atoms with Crippen molar-refractivity contribution in [2.45, 2.75) is 303 Å². The Morgan fingerprint density at radius 1 is 0.423 bits per heavy atom. The third-order valence-electron chi connectivity index (χ3n) is 25.7. The number of rotatable bonds is 21. The van der Waals surface area contributed by atoms with E-state index in [2.05, 4.69) is 227 Å². The number of aromatic nitrogens is 1. The molecule has 0 saturated carbocycles. The van der Waals surface area contributed by atoms with Gasteiger partial charge in [-0.15, -0.1) is 22.7 Å². The Balaban J connectivity index is 1.12. The second-order valence-electron chi connectivity index (χ2n) is 34.9. The normalized spacial score (nSPS) is 20.1. The van der Waals surface area contributed by atoms with Crippen molar-refractivity contribution in [3.05, 3.63) is 184 Å². The third kappa shape index (κ3) is 9.95. The molecular formula is C90H113BF2N2S2. The molecule has 14 rings (SSSR count). The van der Waals surface area contributed by atoms with E-state index < -0.39 is 6.97 Å². The predicted molar refractivity (Wildman–Crippen MR) is 417 cm³/mol. The molecule has 6 aliphatic rings. The number of halogens is 2. The monoisotopic (exact) mass is 1330 g/mol. The fourth-order valence-corrected chi connectivity index (χ4v) is 25.7. The van der Waals surface area contributed by atoms with Crippen LogP contribution in [0.4, 0.5) is 8.63 Å². The Labute approximate surface area is 591 Å². The lowest BCUT2D eigenvalue weighted by molar-refractivity contribution is -0.317. The minimum Gasteiger partial charge on any atom is -0.389 e. The highest BCUT2D eigenvalue weighted by atomic mass is 32.1. The Bertz CT molecular complexity index is 4360. The number of thiophene rings is 2. The first kappa shape index (κ1) is 68.5. The molecule has 4 aliphatic carbocycles. The molecule has 0 saturated heterocycles. The van der Waals surface area contributed by atoms with Crippen LogP contribution >= 0.6 is 22.7 Å². The fourth-order valence-electron chi connectivity index (χ4n) is 24.1. The molecule has 0 atom stereocenters. The smallest absolute Gasteiger partial charge is 0.389 e. The summed E-state index contributed by atoms with van der Waals surface area (Å²) in [5.74, 6) is 0. The van der Waals surface area contributed by atoms with Crippen molar-refractivity contribution in [2.24, 2.45) is 0 Å². The maximum atomic E-state index is 20.6. The van der Waals surface area contributed by atoms with Gasteiger partial charge >= 0.3 is 6.97 Å². The average Bonchev–Trinajstić information content (AvgIpc) is 1.53. The summed E-state index contributed by atoms with van der Waals surface area (Å²) in [5.41, 5.74) is 27.0. The Morgan fingerprint density at radius 3 is 1.19 bits per heavy atom. The van der Waals surface area contributed by atoms with E-state index in [1.165, 1.54) is 101 Å². The van der Waals surface area contributed by atoms with E-state index in [1.807, 2.05) is 0 Å². The summed E-state index contributed by atoms with van der Waals surface area (Å²) in [5, 5.41) is 5.99. The van der Waals surface area contributed by atoms with Gasteiger partial charge in [0.15, 0.2) is 11.4 Å². The van der Waals surface area contributed by atoms with Gasteiger partial charge in [0, 0.05) is 27.0 Å². The van der Waals surface area contributed by atoms with E-state index in [0.717, 1.165) is 131 Å². The molecule has 0 amide bonds. The van der Waals surface area contributed by atoms with E-state index in [1.54, 1.807) is 53.9 Å². The van der Waals surface area contributed by atoms with Gasteiger partial charge in [0.2, 0.25) is 0 Å². The zero-order chi connectivity index (χ0) is 69.1. The molecule has 97 heavy (non-hydrogen) atoms. The molecule has 7 heteroatoms. The van der Waals surface area contributed by atoms with E-state index in [9.17, 15) is 0 Å². The van der Waals surface area contributed by atoms with Crippen molar-refractivity contribution in [2.75, 3.05) is 0 Å². The molecule has 0 spiro atoms. The van der Waals surface area contributed by atoms with Crippen LogP contribution in [0.15, 0.2) is 95.7 Å². The van der Waals surface area contributed by atoms with Gasteiger partial charge in [-0.25, -0.2) is 0 Å². The molecule has 2 aliphatic heterocycles. The number of hydrogen-bond donors (Lipinski definition) is 0. The number of hydrogen-bond acceptors (Lipinski definition) is 2. The SMILES string of the molecule is CCCC1(CCC)CC(C)(C)c2c1cc1c(c2-c2ccc3c(c2)C(c2cccs2)=[N+]2C3=C(c3c(C)cc(C)cc3C)c3c4ccc(-c5c6c(cc7c5C(C)(C)CC7(CCC)CCC)C(CCC)(CCC)CC6(C)C)cc4c(-c4cccs4)n3[B-]2(F)F)C(C)(C)CC1(CCC)CCC. The highest BCUT2D eigenvalue weighted by Gasteiger charge is 2.61. The first-order chi connectivity index (χ1) is 46.1. The summed E-state index contributed by atoms with van der Waals surface area (Å²) in [6.45, 7) is 41.5. The van der Waals surface area contributed by atoms with Gasteiger partial charge in [0.1, 0.15) is 0 Å². The van der Waals surface area contributed by atoms with Gasteiger partial charge in [0.05, 0.1) is 21.6 Å². The van der Waals surface area contributed by atoms with Crippen LogP contribution in [0, 0.1) is 20.8 Å². The Kier molecular flexibility index (Phi) is 17.0. The average molecular weight is 1340 g/mol. The topological polar surface area (TPSA) is 7.94 Å². The van der Waals surface area contributed by atoms with Crippen LogP contribution in [0.3, 0.4) is 0 Å². The van der Waals surface area contributed by atoms with Gasteiger partial charge < -0.3 is 17.6 Å². The van der Waals surface area contributed by atoms with E-state index in [4.69, 9.17) is 0 Å². The Morgan fingerprint density at radius 2 is 0.804 bits per heavy atom. The molecule has 0 bridgehead atoms. The van der Waals surface area contributed by atoms with Crippen molar-refractivity contribution in [1.29, 1.82) is 0 Å². The largest absolute Gasteiger partial charge is 0.738 e. The predicted octanol–water partition coefficient (Wildman–Crippen LogP) is 26.8. The minimum atomic E-state index is -4.62. The zero-order valence-corrected chi connectivity index (χ0v) is 64.6. The second kappa shape index (κ2) is 24.0. The minimum absolute atomic E-state index is 0.0681. The lowest BCUT2D eigenvalue weighted by Crippen LogP contribution is -2.51. The van der Waals surface area contributed by atoms with Crippen molar-refractivity contribution in [3.8, 4) is 32.8 Å². The van der Waals surface area contributed by atoms with Gasteiger partial charge in [-0.2, -0.15) is 0 Å². The van der Waals surface area contributed by atoms with Crippen LogP contribution in [0.5, 0.6) is 0 Å². The highest BCUT2D eigenvalue weighted by molar-refractivity contribution is 7.13. The second-order valence-corrected chi connectivity index (χ2v) is 36.8. The summed E-state index contributed by atoms with van der Waals surface area (Å²) in [4.78, 5) is 1.74. The van der Waals surface area contributed by atoms with E-state index >= 15 is 8.63 Å². The zero-order valence-electron chi connectivity index (χ0n) is 62.9. The highest BCUT2D eigenvalue weighted by Crippen LogP contribution is 2.68. The van der Waals surface area contributed by atoms with Gasteiger partial charge in [-0.3, -0.25) is 0 Å². The first-order valence-corrected chi connectivity index (χ1v) is 40.2. The van der Waals surface area contributed by atoms with E-state index in [-0.39, 0.29) is 43.3 Å². The molecular weight excluding hydrogens is 1220 g/mol. The first-order valence-electron chi connectivity index (χ1n) is 38.5. The quantitative estimate of drug-likeness (QED) is 0.0634. The van der Waals surface area contributed by atoms with Gasteiger partial charge in [-0.05, 0) is 266 Å². The molecule has 5 aromatic carbocycles. The molecule has 2 nitrogen and oxygen atoms in total. The molecule has 8 aromatic rings. The van der Waals surface area contributed by atoms with Gasteiger partial charge in [0.25, 0.3) is 0 Å². The third-order valence-corrected chi connectivity index (χ3v) is 27.5. The number of fused-ring (bicyclic) bond motifs is 10. The molecule has 5 heterocycles. The lowest BCUT2D eigenvalue weighted by Gasteiger charge is -2.35. The number of aryl methyl sites for hydroxylation is 3. The lowest BCUT2D eigenvalue weighted by atomic mass is 9.69. The molecule has 512 valence electrons. The summed E-state index contributed by atoms with van der Waals surface area (Å²) in [6.07, 6.45) is 23.0. The molecule has 0 unspecified atom stereocenters. The van der Waals surface area contributed by atoms with Gasteiger partial charge in [-0.1, -0.05) is 222 Å². The molecule has 3 aromatic heterocycles. The fraction of sp³-hybridized carbons (Fsp3) is 0.522. The summed E-state index contributed by atoms with van der Waals surface area (Å²) < 4.78 is 44.4. The van der Waals surface area contributed by atoms with Crippen LogP contribution in [0.2, 0.25) is 0 Å². The number of benzene rings is 5. The molecule has 0 radical (unpaired) electrons.